The van der Waals surface area contributed by atoms with Crippen molar-refractivity contribution in [1.29, 1.82) is 0 Å². The minimum Gasteiger partial charge on any atom is -0.106 e. The van der Waals surface area contributed by atoms with E-state index in [0.29, 0.717) is 13.3 Å². The molecule has 3 unspecified atom stereocenters. The summed E-state index contributed by atoms with van der Waals surface area (Å²) in [5.74, 6) is 0. The van der Waals surface area contributed by atoms with E-state index < -0.39 is 0 Å². The molecule has 1 heteroatoms. The number of hydrogen-bond donors (Lipinski definition) is 0. The summed E-state index contributed by atoms with van der Waals surface area (Å²) in [6.07, 6.45) is 17.7. The Morgan fingerprint density at radius 1 is 0.947 bits per heavy atom. The maximum Gasteiger partial charge on any atom is -0.0158 e. The van der Waals surface area contributed by atoms with Gasteiger partial charge in [0.05, 0.1) is 0 Å². The highest BCUT2D eigenvalue weighted by molar-refractivity contribution is 7.58. The van der Waals surface area contributed by atoms with Crippen molar-refractivity contribution in [2.45, 2.75) is 97.1 Å². The van der Waals surface area contributed by atoms with Gasteiger partial charge in [-0.3, -0.25) is 0 Å². The molecule has 0 aromatic carbocycles. The van der Waals surface area contributed by atoms with Gasteiger partial charge in [-0.05, 0) is 49.6 Å². The zero-order valence-corrected chi connectivity index (χ0v) is 14.9. The molecule has 0 spiro atoms. The fourth-order valence-electron chi connectivity index (χ4n) is 3.98. The molecule has 114 valence electrons. The minimum atomic E-state index is 0.338. The Bertz CT molecular complexity index is 226. The van der Waals surface area contributed by atoms with Gasteiger partial charge in [-0.25, -0.2) is 0 Å². The Labute approximate surface area is 123 Å². The standard InChI is InChI=1S/C18H37P/c1-5-7-9-11-15-18(3,14-10-8-6-2)17-13-12-16-19(17)4/h17H,5-16H2,1-4H3. The van der Waals surface area contributed by atoms with Crippen molar-refractivity contribution in [2.75, 3.05) is 12.8 Å². The molecular weight excluding hydrogens is 247 g/mol. The lowest BCUT2D eigenvalue weighted by atomic mass is 9.75. The fraction of sp³-hybridized carbons (Fsp3) is 1.00. The summed E-state index contributed by atoms with van der Waals surface area (Å²) in [7, 11) is 0.338. The number of hydrogen-bond acceptors (Lipinski definition) is 0. The molecule has 0 bridgehead atoms. The van der Waals surface area contributed by atoms with Crippen molar-refractivity contribution < 1.29 is 0 Å². The van der Waals surface area contributed by atoms with Crippen LogP contribution in [0.5, 0.6) is 0 Å². The van der Waals surface area contributed by atoms with Gasteiger partial charge < -0.3 is 0 Å². The highest BCUT2D eigenvalue weighted by atomic mass is 31.1. The Morgan fingerprint density at radius 2 is 1.53 bits per heavy atom. The van der Waals surface area contributed by atoms with Crippen molar-refractivity contribution in [2.24, 2.45) is 5.41 Å². The van der Waals surface area contributed by atoms with Crippen LogP contribution < -0.4 is 0 Å². The quantitative estimate of drug-likeness (QED) is 0.305. The molecule has 0 nitrogen and oxygen atoms in total. The first-order valence-corrected chi connectivity index (χ1v) is 10.9. The third-order valence-corrected chi connectivity index (χ3v) is 8.25. The first-order chi connectivity index (χ1) is 9.14. The first kappa shape index (κ1) is 17.5. The summed E-state index contributed by atoms with van der Waals surface area (Å²) in [6.45, 7) is 9.88. The van der Waals surface area contributed by atoms with E-state index in [1.165, 1.54) is 64.2 Å². The van der Waals surface area contributed by atoms with E-state index in [4.69, 9.17) is 0 Å². The highest BCUT2D eigenvalue weighted by Gasteiger charge is 2.38. The molecule has 0 aliphatic carbocycles. The van der Waals surface area contributed by atoms with Crippen molar-refractivity contribution in [3.05, 3.63) is 0 Å². The molecule has 1 aliphatic rings. The van der Waals surface area contributed by atoms with E-state index in [1.54, 1.807) is 12.6 Å². The van der Waals surface area contributed by atoms with Crippen LogP contribution in [0.15, 0.2) is 0 Å². The van der Waals surface area contributed by atoms with Gasteiger partial charge in [0.15, 0.2) is 0 Å². The van der Waals surface area contributed by atoms with Crippen LogP contribution in [0.2, 0.25) is 0 Å². The molecule has 0 amide bonds. The van der Waals surface area contributed by atoms with Crippen LogP contribution >= 0.6 is 7.92 Å². The summed E-state index contributed by atoms with van der Waals surface area (Å²) in [5.41, 5.74) is 1.76. The third-order valence-electron chi connectivity index (χ3n) is 5.28. The molecule has 0 N–H and O–H groups in total. The number of unbranched alkanes of at least 4 members (excludes halogenated alkanes) is 5. The van der Waals surface area contributed by atoms with Gasteiger partial charge in [-0.15, -0.1) is 7.92 Å². The Kier molecular flexibility index (Phi) is 8.63. The van der Waals surface area contributed by atoms with E-state index in [2.05, 4.69) is 27.4 Å². The molecule has 1 saturated heterocycles. The van der Waals surface area contributed by atoms with Crippen molar-refractivity contribution in [3.8, 4) is 0 Å². The second kappa shape index (κ2) is 9.38. The smallest absolute Gasteiger partial charge is 0.0158 e. The molecule has 1 aliphatic heterocycles. The predicted molar refractivity (Wildman–Crippen MR) is 91.7 cm³/mol. The minimum absolute atomic E-state index is 0.338. The van der Waals surface area contributed by atoms with Gasteiger partial charge in [0.2, 0.25) is 0 Å². The van der Waals surface area contributed by atoms with E-state index in [-0.39, 0.29) is 0 Å². The van der Waals surface area contributed by atoms with Crippen molar-refractivity contribution in [3.63, 3.8) is 0 Å². The molecule has 3 atom stereocenters. The number of rotatable bonds is 10. The summed E-state index contributed by atoms with van der Waals surface area (Å²) in [4.78, 5) is 0. The van der Waals surface area contributed by atoms with Crippen LogP contribution in [0.3, 0.4) is 0 Å². The van der Waals surface area contributed by atoms with E-state index in [0.717, 1.165) is 5.66 Å². The maximum atomic E-state index is 2.64. The monoisotopic (exact) mass is 284 g/mol. The third kappa shape index (κ3) is 5.74. The Morgan fingerprint density at radius 3 is 2.05 bits per heavy atom. The average Bonchev–Trinajstić information content (AvgIpc) is 2.82. The predicted octanol–water partition coefficient (Wildman–Crippen LogP) is 6.82. The molecular formula is C18H37P. The SMILES string of the molecule is CCCCCCC(C)(CCCCC)C1CCCP1C. The Hall–Kier alpha value is 0.430. The van der Waals surface area contributed by atoms with Crippen LogP contribution in [0.25, 0.3) is 0 Å². The summed E-state index contributed by atoms with van der Waals surface area (Å²) >= 11 is 0. The molecule has 1 heterocycles. The normalized spacial score (nSPS) is 26.5. The molecule has 19 heavy (non-hydrogen) atoms. The molecule has 0 aromatic rings. The maximum absolute atomic E-state index is 2.64. The molecule has 0 aromatic heterocycles. The zero-order valence-electron chi connectivity index (χ0n) is 14.0. The summed E-state index contributed by atoms with van der Waals surface area (Å²) in [5, 5.41) is 0. The molecule has 0 radical (unpaired) electrons. The molecule has 1 fully saturated rings. The highest BCUT2D eigenvalue weighted by Crippen LogP contribution is 2.57. The van der Waals surface area contributed by atoms with E-state index >= 15 is 0 Å². The molecule has 1 rings (SSSR count). The van der Waals surface area contributed by atoms with Crippen LogP contribution in [0.4, 0.5) is 0 Å². The van der Waals surface area contributed by atoms with E-state index in [1.807, 2.05) is 0 Å². The van der Waals surface area contributed by atoms with Crippen LogP contribution in [0.1, 0.15) is 91.4 Å². The van der Waals surface area contributed by atoms with Gasteiger partial charge in [-0.2, -0.15) is 0 Å². The fourth-order valence-corrected chi connectivity index (χ4v) is 6.92. The van der Waals surface area contributed by atoms with Gasteiger partial charge in [0.25, 0.3) is 0 Å². The summed E-state index contributed by atoms with van der Waals surface area (Å²) in [6, 6.07) is 0. The topological polar surface area (TPSA) is 0 Å². The van der Waals surface area contributed by atoms with Gasteiger partial charge in [-0.1, -0.05) is 65.7 Å². The van der Waals surface area contributed by atoms with E-state index in [9.17, 15) is 0 Å². The van der Waals surface area contributed by atoms with Crippen LogP contribution in [0, 0.1) is 5.41 Å². The second-order valence-electron chi connectivity index (χ2n) is 7.06. The second-order valence-corrected chi connectivity index (χ2v) is 9.64. The molecule has 0 saturated carbocycles. The zero-order chi connectivity index (χ0) is 14.1. The summed E-state index contributed by atoms with van der Waals surface area (Å²) < 4.78 is 0. The lowest BCUT2D eigenvalue weighted by Gasteiger charge is -2.39. The van der Waals surface area contributed by atoms with Gasteiger partial charge >= 0.3 is 0 Å². The average molecular weight is 284 g/mol. The largest absolute Gasteiger partial charge is 0.106 e. The first-order valence-electron chi connectivity index (χ1n) is 8.84. The van der Waals surface area contributed by atoms with Crippen molar-refractivity contribution >= 4 is 7.92 Å². The Balaban J connectivity index is 2.50. The lowest BCUT2D eigenvalue weighted by Crippen LogP contribution is -2.29. The van der Waals surface area contributed by atoms with Crippen molar-refractivity contribution in [1.82, 2.24) is 0 Å². The van der Waals surface area contributed by atoms with Crippen LogP contribution in [-0.2, 0) is 0 Å². The van der Waals surface area contributed by atoms with Gasteiger partial charge in [0, 0.05) is 0 Å². The van der Waals surface area contributed by atoms with Crippen LogP contribution in [-0.4, -0.2) is 18.5 Å². The van der Waals surface area contributed by atoms with Gasteiger partial charge in [0.1, 0.15) is 0 Å². The lowest BCUT2D eigenvalue weighted by molar-refractivity contribution is 0.237.